The first-order valence-corrected chi connectivity index (χ1v) is 5.88. The van der Waals surface area contributed by atoms with Gasteiger partial charge in [-0.15, -0.1) is 0 Å². The summed E-state index contributed by atoms with van der Waals surface area (Å²) in [5, 5.41) is 0. The zero-order chi connectivity index (χ0) is 12.5. The van der Waals surface area contributed by atoms with E-state index in [1.165, 1.54) is 6.07 Å². The van der Waals surface area contributed by atoms with E-state index >= 15 is 0 Å². The predicted octanol–water partition coefficient (Wildman–Crippen LogP) is 4.13. The topological polar surface area (TPSA) is 30.2 Å². The molecule has 17 heavy (non-hydrogen) atoms. The zero-order valence-electron chi connectivity index (χ0n) is 8.49. The summed E-state index contributed by atoms with van der Waals surface area (Å²) in [7, 11) is 0. The highest BCUT2D eigenvalue weighted by Gasteiger charge is 2.27. The van der Waals surface area contributed by atoms with Gasteiger partial charge in [-0.1, -0.05) is 65.1 Å². The molecule has 0 aliphatic heterocycles. The van der Waals surface area contributed by atoms with E-state index in [0.717, 1.165) is 5.56 Å². The van der Waals surface area contributed by atoms with Crippen LogP contribution in [-0.4, -0.2) is 0 Å². The lowest BCUT2D eigenvalue weighted by molar-refractivity contribution is 0.466. The van der Waals surface area contributed by atoms with Crippen LogP contribution in [0.5, 0.6) is 0 Å². The van der Waals surface area contributed by atoms with E-state index in [1.54, 1.807) is 6.07 Å². The van der Waals surface area contributed by atoms with Crippen LogP contribution in [0.15, 0.2) is 51.7 Å². The van der Waals surface area contributed by atoms with Crippen molar-refractivity contribution in [2.24, 2.45) is 0 Å². The lowest BCUT2D eigenvalue weighted by Gasteiger charge is -2.10. The third kappa shape index (κ3) is 3.03. The quantitative estimate of drug-likeness (QED) is 0.739. The highest BCUT2D eigenvalue weighted by atomic mass is 35.6. The van der Waals surface area contributed by atoms with Crippen LogP contribution in [0.2, 0.25) is 0 Å². The lowest BCUT2D eigenvalue weighted by Crippen LogP contribution is -2.07. The summed E-state index contributed by atoms with van der Waals surface area (Å²) in [5.74, 6) is 0.00820. The van der Waals surface area contributed by atoms with Crippen LogP contribution in [0.1, 0.15) is 5.76 Å². The van der Waals surface area contributed by atoms with Gasteiger partial charge in [0, 0.05) is 6.07 Å². The lowest BCUT2D eigenvalue weighted by atomic mass is 10.1. The van der Waals surface area contributed by atoms with Crippen LogP contribution >= 0.6 is 34.8 Å². The monoisotopic (exact) mass is 288 g/mol. The summed E-state index contributed by atoms with van der Waals surface area (Å²) < 4.78 is 3.11. The molecule has 5 heteroatoms. The number of benzene rings is 1. The van der Waals surface area contributed by atoms with Gasteiger partial charge in [-0.05, 0) is 17.2 Å². The van der Waals surface area contributed by atoms with Gasteiger partial charge in [0.2, 0.25) is 3.79 Å². The highest BCUT2D eigenvalue weighted by Crippen LogP contribution is 2.38. The van der Waals surface area contributed by atoms with Crippen molar-refractivity contribution < 1.29 is 4.42 Å². The molecule has 2 aromatic rings. The molecule has 2 nitrogen and oxygen atoms in total. The fourth-order valence-corrected chi connectivity index (χ4v) is 1.69. The fraction of sp³-hybridized carbons (Fsp3) is 0.0833. The van der Waals surface area contributed by atoms with Crippen LogP contribution in [0.3, 0.4) is 0 Å². The Morgan fingerprint density at radius 3 is 2.18 bits per heavy atom. The van der Waals surface area contributed by atoms with Gasteiger partial charge in [0.1, 0.15) is 0 Å². The Morgan fingerprint density at radius 2 is 1.59 bits per heavy atom. The Balaban J connectivity index is 2.58. The first-order chi connectivity index (χ1) is 7.97. The molecule has 0 spiro atoms. The molecule has 0 saturated carbocycles. The van der Waals surface area contributed by atoms with E-state index in [-0.39, 0.29) is 5.76 Å². The predicted molar refractivity (Wildman–Crippen MR) is 69.7 cm³/mol. The summed E-state index contributed by atoms with van der Waals surface area (Å²) in [6.07, 6.45) is 0. The number of alkyl halides is 3. The van der Waals surface area contributed by atoms with Crippen LogP contribution in [0.25, 0.3) is 11.1 Å². The van der Waals surface area contributed by atoms with Crippen molar-refractivity contribution in [3.63, 3.8) is 0 Å². The van der Waals surface area contributed by atoms with Crippen molar-refractivity contribution >= 4 is 34.8 Å². The summed E-state index contributed by atoms with van der Waals surface area (Å²) in [6.45, 7) is 0. The molecule has 1 heterocycles. The molecule has 0 atom stereocenters. The van der Waals surface area contributed by atoms with Crippen LogP contribution in [-0.2, 0) is 3.79 Å². The smallest absolute Gasteiger partial charge is 0.336 e. The third-order valence-electron chi connectivity index (χ3n) is 2.16. The second kappa shape index (κ2) is 4.73. The molecule has 0 N–H and O–H groups in total. The summed E-state index contributed by atoms with van der Waals surface area (Å²) >= 11 is 17.1. The Bertz CT molecular complexity index is 570. The van der Waals surface area contributed by atoms with Gasteiger partial charge in [-0.2, -0.15) is 0 Å². The van der Waals surface area contributed by atoms with Crippen LogP contribution in [0.4, 0.5) is 0 Å². The molecular weight excluding hydrogens is 282 g/mol. The molecule has 0 saturated heterocycles. The Morgan fingerprint density at radius 1 is 0.941 bits per heavy atom. The van der Waals surface area contributed by atoms with Crippen molar-refractivity contribution in [1.29, 1.82) is 0 Å². The van der Waals surface area contributed by atoms with Gasteiger partial charge in [-0.25, -0.2) is 4.79 Å². The molecule has 0 aliphatic carbocycles. The number of hydrogen-bond acceptors (Lipinski definition) is 2. The first kappa shape index (κ1) is 12.5. The summed E-state index contributed by atoms with van der Waals surface area (Å²) in [6, 6.07) is 12.2. The number of hydrogen-bond donors (Lipinski definition) is 0. The van der Waals surface area contributed by atoms with Crippen molar-refractivity contribution in [1.82, 2.24) is 0 Å². The van der Waals surface area contributed by atoms with Gasteiger partial charge in [0.25, 0.3) is 0 Å². The zero-order valence-corrected chi connectivity index (χ0v) is 10.8. The maximum absolute atomic E-state index is 11.4. The first-order valence-electron chi connectivity index (χ1n) is 4.74. The van der Waals surface area contributed by atoms with Gasteiger partial charge < -0.3 is 4.42 Å². The minimum Gasteiger partial charge on any atom is -0.423 e. The van der Waals surface area contributed by atoms with Gasteiger partial charge in [0.15, 0.2) is 5.76 Å². The minimum absolute atomic E-state index is 0.00820. The van der Waals surface area contributed by atoms with Gasteiger partial charge in [-0.3, -0.25) is 0 Å². The summed E-state index contributed by atoms with van der Waals surface area (Å²) in [4.78, 5) is 11.4. The molecule has 0 unspecified atom stereocenters. The minimum atomic E-state index is -1.75. The highest BCUT2D eigenvalue weighted by molar-refractivity contribution is 6.66. The molecule has 2 rings (SSSR count). The molecule has 0 bridgehead atoms. The van der Waals surface area contributed by atoms with E-state index < -0.39 is 9.42 Å². The molecule has 0 amide bonds. The van der Waals surface area contributed by atoms with Crippen LogP contribution in [0, 0.1) is 0 Å². The average molecular weight is 290 g/mol. The van der Waals surface area contributed by atoms with E-state index in [1.807, 2.05) is 30.3 Å². The second-order valence-electron chi connectivity index (χ2n) is 3.39. The number of halogens is 3. The van der Waals surface area contributed by atoms with Crippen molar-refractivity contribution in [2.75, 3.05) is 0 Å². The standard InChI is InChI=1S/C12H7Cl3O2/c13-12(14,15)10-6-9(7-11(16)17-10)8-4-2-1-3-5-8/h1-7H. The Labute approximate surface area is 113 Å². The van der Waals surface area contributed by atoms with Gasteiger partial charge >= 0.3 is 5.63 Å². The van der Waals surface area contributed by atoms with Gasteiger partial charge in [0.05, 0.1) is 0 Å². The van der Waals surface area contributed by atoms with Crippen molar-refractivity contribution in [2.45, 2.75) is 3.79 Å². The van der Waals surface area contributed by atoms with E-state index in [2.05, 4.69) is 0 Å². The van der Waals surface area contributed by atoms with Crippen molar-refractivity contribution in [3.8, 4) is 11.1 Å². The molecule has 0 fully saturated rings. The molecule has 1 aromatic heterocycles. The molecule has 0 radical (unpaired) electrons. The van der Waals surface area contributed by atoms with Crippen molar-refractivity contribution in [3.05, 3.63) is 58.6 Å². The molecule has 0 aliphatic rings. The summed E-state index contributed by atoms with van der Waals surface area (Å²) in [5.41, 5.74) is 0.965. The third-order valence-corrected chi connectivity index (χ3v) is 2.72. The maximum Gasteiger partial charge on any atom is 0.336 e. The van der Waals surface area contributed by atoms with E-state index in [4.69, 9.17) is 39.2 Å². The Kier molecular flexibility index (Phi) is 3.48. The molecular formula is C12H7Cl3O2. The fourth-order valence-electron chi connectivity index (χ4n) is 1.41. The largest absolute Gasteiger partial charge is 0.423 e. The SMILES string of the molecule is O=c1cc(-c2ccccc2)cc(C(Cl)(Cl)Cl)o1. The number of rotatable bonds is 1. The maximum atomic E-state index is 11.4. The van der Waals surface area contributed by atoms with E-state index in [9.17, 15) is 4.79 Å². The normalized spacial score (nSPS) is 11.5. The molecule has 1 aromatic carbocycles. The average Bonchev–Trinajstić information content (AvgIpc) is 2.28. The second-order valence-corrected chi connectivity index (χ2v) is 5.67. The van der Waals surface area contributed by atoms with E-state index in [0.29, 0.717) is 5.56 Å². The molecule has 88 valence electrons. The Hall–Kier alpha value is -0.960. The van der Waals surface area contributed by atoms with Crippen LogP contribution < -0.4 is 5.63 Å².